The molecule has 1 heterocycles. The minimum Gasteiger partial charge on any atom is -0.345 e. The van der Waals surface area contributed by atoms with Gasteiger partial charge in [0.05, 0.1) is 10.4 Å². The number of nitrogens with one attached hydrogen (secondary N) is 1. The van der Waals surface area contributed by atoms with Gasteiger partial charge in [-0.2, -0.15) is 5.26 Å². The number of hydrogen-bond acceptors (Lipinski definition) is 3. The van der Waals surface area contributed by atoms with Crippen LogP contribution in [0.15, 0.2) is 48.0 Å². The quantitative estimate of drug-likeness (QED) is 0.679. The molecule has 5 heteroatoms. The van der Waals surface area contributed by atoms with Crippen LogP contribution in [-0.2, 0) is 4.79 Å². The molecule has 0 bridgehead atoms. The molecule has 106 valence electrons. The van der Waals surface area contributed by atoms with E-state index in [4.69, 9.17) is 16.9 Å². The number of benzene rings is 1. The molecule has 0 radical (unpaired) electrons. The van der Waals surface area contributed by atoms with Crippen LogP contribution in [0.3, 0.4) is 0 Å². The number of amides is 1. The normalized spacial score (nSPS) is 12.5. The zero-order valence-electron chi connectivity index (χ0n) is 11.3. The van der Waals surface area contributed by atoms with Crippen LogP contribution in [-0.4, -0.2) is 5.91 Å². The third-order valence-corrected chi connectivity index (χ3v) is 4.07. The van der Waals surface area contributed by atoms with E-state index in [1.165, 1.54) is 11.3 Å². The molecule has 0 aliphatic rings. The summed E-state index contributed by atoms with van der Waals surface area (Å²) >= 11 is 7.16. The van der Waals surface area contributed by atoms with E-state index >= 15 is 0 Å². The molecule has 0 aliphatic heterocycles. The van der Waals surface area contributed by atoms with Crippen LogP contribution in [0.25, 0.3) is 6.08 Å². The summed E-state index contributed by atoms with van der Waals surface area (Å²) in [7, 11) is 0. The number of carbonyl (C=O) groups excluding carboxylic acids is 1. The molecule has 1 aromatic heterocycles. The highest BCUT2D eigenvalue weighted by Gasteiger charge is 2.13. The summed E-state index contributed by atoms with van der Waals surface area (Å²) in [5.41, 5.74) is 1.05. The van der Waals surface area contributed by atoms with Gasteiger partial charge in [0, 0.05) is 4.88 Å². The number of hydrogen-bond donors (Lipinski definition) is 1. The second-order valence-corrected chi connectivity index (χ2v) is 6.16. The van der Waals surface area contributed by atoms with Crippen molar-refractivity contribution in [2.75, 3.05) is 0 Å². The van der Waals surface area contributed by atoms with Crippen molar-refractivity contribution in [1.29, 1.82) is 5.26 Å². The Bertz CT molecular complexity index is 701. The lowest BCUT2D eigenvalue weighted by Gasteiger charge is -2.13. The minimum absolute atomic E-state index is 0.0660. The molecular formula is C16H13ClN2OS. The lowest BCUT2D eigenvalue weighted by Crippen LogP contribution is -2.27. The summed E-state index contributed by atoms with van der Waals surface area (Å²) in [5.74, 6) is -0.390. The van der Waals surface area contributed by atoms with Crippen molar-refractivity contribution < 1.29 is 4.79 Å². The van der Waals surface area contributed by atoms with Gasteiger partial charge in [0.2, 0.25) is 0 Å². The van der Waals surface area contributed by atoms with Gasteiger partial charge in [0.25, 0.3) is 5.91 Å². The molecule has 1 aromatic carbocycles. The van der Waals surface area contributed by atoms with E-state index in [0.29, 0.717) is 4.34 Å². The molecule has 0 spiro atoms. The predicted octanol–water partition coefficient (Wildman–Crippen LogP) is 4.19. The third-order valence-electron chi connectivity index (χ3n) is 2.89. The first-order valence-electron chi connectivity index (χ1n) is 6.33. The van der Waals surface area contributed by atoms with Crippen molar-refractivity contribution in [2.24, 2.45) is 0 Å². The van der Waals surface area contributed by atoms with E-state index < -0.39 is 5.91 Å². The highest BCUT2D eigenvalue weighted by atomic mass is 35.5. The van der Waals surface area contributed by atoms with Crippen molar-refractivity contribution in [1.82, 2.24) is 5.32 Å². The van der Waals surface area contributed by atoms with Crippen molar-refractivity contribution >= 4 is 34.9 Å². The maximum atomic E-state index is 12.1. The van der Waals surface area contributed by atoms with E-state index in [2.05, 4.69) is 5.32 Å². The molecule has 0 saturated carbocycles. The summed E-state index contributed by atoms with van der Waals surface area (Å²) in [6, 6.07) is 14.9. The molecule has 1 N–H and O–H groups in total. The highest BCUT2D eigenvalue weighted by Crippen LogP contribution is 2.23. The van der Waals surface area contributed by atoms with Crippen molar-refractivity contribution in [3.63, 3.8) is 0 Å². The van der Waals surface area contributed by atoms with Gasteiger partial charge in [-0.1, -0.05) is 41.9 Å². The van der Waals surface area contributed by atoms with Gasteiger partial charge in [-0.25, -0.2) is 0 Å². The number of nitriles is 1. The minimum atomic E-state index is -0.390. The fraction of sp³-hybridized carbons (Fsp3) is 0.125. The fourth-order valence-corrected chi connectivity index (χ4v) is 2.80. The van der Waals surface area contributed by atoms with Gasteiger partial charge in [0.15, 0.2) is 0 Å². The monoisotopic (exact) mass is 316 g/mol. The first kappa shape index (κ1) is 15.3. The van der Waals surface area contributed by atoms with E-state index in [9.17, 15) is 4.79 Å². The maximum Gasteiger partial charge on any atom is 0.262 e. The molecule has 1 amide bonds. The lowest BCUT2D eigenvalue weighted by atomic mass is 10.1. The molecule has 0 saturated heterocycles. The Kier molecular flexibility index (Phi) is 5.15. The molecule has 21 heavy (non-hydrogen) atoms. The number of thiophene rings is 1. The van der Waals surface area contributed by atoms with Crippen LogP contribution in [0.4, 0.5) is 0 Å². The standard InChI is InChI=1S/C16H13ClN2OS/c1-11(12-5-3-2-4-6-12)19-16(20)13(10-18)9-14-7-8-15(17)21-14/h2-9,11H,1H3,(H,19,20). The van der Waals surface area contributed by atoms with Crippen molar-refractivity contribution in [2.45, 2.75) is 13.0 Å². The van der Waals surface area contributed by atoms with Crippen LogP contribution in [0, 0.1) is 11.3 Å². The van der Waals surface area contributed by atoms with Gasteiger partial charge in [-0.05, 0) is 30.7 Å². The average Bonchev–Trinajstić information content (AvgIpc) is 2.90. The zero-order chi connectivity index (χ0) is 15.2. The number of halogens is 1. The Labute approximate surface area is 132 Å². The van der Waals surface area contributed by atoms with Crippen LogP contribution in [0.2, 0.25) is 4.34 Å². The Hall–Kier alpha value is -2.09. The molecule has 1 atom stereocenters. The smallest absolute Gasteiger partial charge is 0.262 e. The topological polar surface area (TPSA) is 52.9 Å². The number of rotatable bonds is 4. The van der Waals surface area contributed by atoms with E-state index in [0.717, 1.165) is 10.4 Å². The SMILES string of the molecule is CC(NC(=O)C(C#N)=Cc1ccc(Cl)s1)c1ccccc1. The van der Waals surface area contributed by atoms with Crippen LogP contribution in [0.1, 0.15) is 23.4 Å². The lowest BCUT2D eigenvalue weighted by molar-refractivity contribution is -0.117. The second kappa shape index (κ2) is 7.07. The van der Waals surface area contributed by atoms with Crippen molar-refractivity contribution in [3.05, 3.63) is 62.8 Å². The summed E-state index contributed by atoms with van der Waals surface area (Å²) < 4.78 is 0.622. The molecule has 3 nitrogen and oxygen atoms in total. The Morgan fingerprint density at radius 3 is 2.62 bits per heavy atom. The summed E-state index contributed by atoms with van der Waals surface area (Å²) in [4.78, 5) is 12.9. The highest BCUT2D eigenvalue weighted by molar-refractivity contribution is 7.17. The van der Waals surface area contributed by atoms with Gasteiger partial charge in [-0.3, -0.25) is 4.79 Å². The first-order valence-corrected chi connectivity index (χ1v) is 7.52. The maximum absolute atomic E-state index is 12.1. The average molecular weight is 317 g/mol. The van der Waals surface area contributed by atoms with Gasteiger partial charge in [-0.15, -0.1) is 11.3 Å². The summed E-state index contributed by atoms with van der Waals surface area (Å²) in [5, 5.41) is 12.0. The molecular weight excluding hydrogens is 304 g/mol. The van der Waals surface area contributed by atoms with Crippen LogP contribution < -0.4 is 5.32 Å². The van der Waals surface area contributed by atoms with E-state index in [-0.39, 0.29) is 11.6 Å². The molecule has 2 aromatic rings. The van der Waals surface area contributed by atoms with Gasteiger partial charge in [0.1, 0.15) is 11.6 Å². The second-order valence-electron chi connectivity index (χ2n) is 4.42. The number of nitrogens with zero attached hydrogens (tertiary/aromatic N) is 1. The Morgan fingerprint density at radius 1 is 1.33 bits per heavy atom. The van der Waals surface area contributed by atoms with Crippen LogP contribution in [0.5, 0.6) is 0 Å². The number of carbonyl (C=O) groups is 1. The fourth-order valence-electron chi connectivity index (χ4n) is 1.80. The molecule has 0 aliphatic carbocycles. The molecule has 2 rings (SSSR count). The third kappa shape index (κ3) is 4.19. The van der Waals surface area contributed by atoms with Gasteiger partial charge >= 0.3 is 0 Å². The van der Waals surface area contributed by atoms with E-state index in [1.807, 2.05) is 43.3 Å². The van der Waals surface area contributed by atoms with Crippen LogP contribution >= 0.6 is 22.9 Å². The largest absolute Gasteiger partial charge is 0.345 e. The zero-order valence-corrected chi connectivity index (χ0v) is 12.9. The van der Waals surface area contributed by atoms with E-state index in [1.54, 1.807) is 18.2 Å². The molecule has 0 fully saturated rings. The Balaban J connectivity index is 2.11. The summed E-state index contributed by atoms with van der Waals surface area (Å²) in [6.07, 6.45) is 1.55. The Morgan fingerprint density at radius 2 is 2.05 bits per heavy atom. The first-order chi connectivity index (χ1) is 10.1. The summed E-state index contributed by atoms with van der Waals surface area (Å²) in [6.45, 7) is 1.88. The van der Waals surface area contributed by atoms with Gasteiger partial charge < -0.3 is 5.32 Å². The molecule has 1 unspecified atom stereocenters. The van der Waals surface area contributed by atoms with Crippen molar-refractivity contribution in [3.8, 4) is 6.07 Å². The predicted molar refractivity (Wildman–Crippen MR) is 85.9 cm³/mol.